The van der Waals surface area contributed by atoms with E-state index in [4.69, 9.17) is 21.1 Å². The van der Waals surface area contributed by atoms with Crippen LogP contribution in [0.15, 0.2) is 90.0 Å². The van der Waals surface area contributed by atoms with E-state index in [1.807, 2.05) is 30.4 Å². The average molecular weight is 667 g/mol. The van der Waals surface area contributed by atoms with E-state index in [1.54, 1.807) is 0 Å². The van der Waals surface area contributed by atoms with E-state index >= 15 is 0 Å². The molecule has 1 heterocycles. The molecule has 3 aromatic carbocycles. The highest BCUT2D eigenvalue weighted by atomic mass is 35.5. The third-order valence-electron chi connectivity index (χ3n) is 9.52. The summed E-state index contributed by atoms with van der Waals surface area (Å²) in [5.41, 5.74) is 8.41. The summed E-state index contributed by atoms with van der Waals surface area (Å²) >= 11 is 6.84. The van der Waals surface area contributed by atoms with Gasteiger partial charge in [0.05, 0.1) is 10.9 Å². The molecule has 1 unspecified atom stereocenters. The van der Waals surface area contributed by atoms with Crippen molar-refractivity contribution >= 4 is 23.4 Å². The number of rotatable bonds is 5. The van der Waals surface area contributed by atoms with E-state index in [9.17, 15) is 14.7 Å². The van der Waals surface area contributed by atoms with Crippen LogP contribution in [0, 0.1) is 19.8 Å². The first-order chi connectivity index (χ1) is 23.3. The van der Waals surface area contributed by atoms with Crippen molar-refractivity contribution in [2.45, 2.75) is 91.1 Å². The number of fused-ring (bicyclic) bond motifs is 2. The van der Waals surface area contributed by atoms with Crippen LogP contribution in [0.25, 0.3) is 11.1 Å². The molecule has 2 bridgehead atoms. The van der Waals surface area contributed by atoms with Crippen LogP contribution in [0.4, 0.5) is 0 Å². The summed E-state index contributed by atoms with van der Waals surface area (Å²) in [6.07, 6.45) is 16.5. The Kier molecular flexibility index (Phi) is 12.7. The van der Waals surface area contributed by atoms with Crippen molar-refractivity contribution in [1.82, 2.24) is 0 Å². The fourth-order valence-electron chi connectivity index (χ4n) is 6.60. The zero-order valence-electron chi connectivity index (χ0n) is 28.2. The van der Waals surface area contributed by atoms with E-state index in [0.29, 0.717) is 55.2 Å². The highest BCUT2D eigenvalue weighted by Crippen LogP contribution is 2.36. The maximum absolute atomic E-state index is 13.1. The van der Waals surface area contributed by atoms with E-state index in [-0.39, 0.29) is 12.4 Å². The molecule has 1 aliphatic heterocycles. The van der Waals surface area contributed by atoms with Crippen LogP contribution < -0.4 is 9.47 Å². The molecule has 0 saturated carbocycles. The molecule has 0 spiro atoms. The number of benzene rings is 3. The van der Waals surface area contributed by atoms with Crippen molar-refractivity contribution in [3.8, 4) is 22.6 Å². The molecular formula is C42H47ClO5. The Morgan fingerprint density at radius 3 is 2.56 bits per heavy atom. The van der Waals surface area contributed by atoms with Crippen LogP contribution in [0.3, 0.4) is 0 Å². The summed E-state index contributed by atoms with van der Waals surface area (Å²) < 4.78 is 12.8. The van der Waals surface area contributed by atoms with Crippen LogP contribution in [0.1, 0.15) is 86.5 Å². The molecule has 1 aliphatic carbocycles. The van der Waals surface area contributed by atoms with Gasteiger partial charge in [0.1, 0.15) is 24.7 Å². The van der Waals surface area contributed by atoms with Gasteiger partial charge < -0.3 is 14.6 Å². The minimum Gasteiger partial charge on any atom is -0.488 e. The van der Waals surface area contributed by atoms with Gasteiger partial charge in [0.25, 0.3) is 0 Å². The summed E-state index contributed by atoms with van der Waals surface area (Å²) in [5.74, 6) is 0.196. The molecule has 0 saturated heterocycles. The normalized spacial score (nSPS) is 18.8. The molecule has 2 aliphatic rings. The fourth-order valence-corrected chi connectivity index (χ4v) is 6.85. The van der Waals surface area contributed by atoms with Gasteiger partial charge in [-0.1, -0.05) is 91.6 Å². The lowest BCUT2D eigenvalue weighted by Gasteiger charge is -2.18. The number of carboxylic acids is 1. The number of ketones is 1. The van der Waals surface area contributed by atoms with Crippen molar-refractivity contribution < 1.29 is 24.2 Å². The maximum Gasteiger partial charge on any atom is 0.306 e. The molecule has 0 aromatic heterocycles. The zero-order chi connectivity index (χ0) is 33.9. The number of carboxylic acid groups (broad SMARTS) is 1. The molecule has 1 N–H and O–H groups in total. The second-order valence-corrected chi connectivity index (χ2v) is 13.4. The monoisotopic (exact) mass is 666 g/mol. The first-order valence-electron chi connectivity index (χ1n) is 17.4. The number of halogens is 1. The van der Waals surface area contributed by atoms with Crippen molar-refractivity contribution in [2.24, 2.45) is 5.92 Å². The van der Waals surface area contributed by atoms with E-state index in [0.717, 1.165) is 66.4 Å². The Balaban J connectivity index is 1.41. The summed E-state index contributed by atoms with van der Waals surface area (Å²) in [6.45, 7) is 4.87. The van der Waals surface area contributed by atoms with E-state index in [2.05, 4.69) is 62.4 Å². The lowest BCUT2D eigenvalue weighted by molar-refractivity contribution is -0.142. The van der Waals surface area contributed by atoms with Crippen LogP contribution >= 0.6 is 11.6 Å². The second-order valence-electron chi connectivity index (χ2n) is 13.0. The number of ether oxygens (including phenoxy) is 2. The Labute approximate surface area is 290 Å². The Hall–Kier alpha value is -4.09. The Morgan fingerprint density at radius 2 is 1.73 bits per heavy atom. The number of hydrogen-bond acceptors (Lipinski definition) is 4. The van der Waals surface area contributed by atoms with Gasteiger partial charge in [-0.3, -0.25) is 9.59 Å². The molecule has 5 nitrogen and oxygen atoms in total. The molecule has 252 valence electrons. The number of aryl methyl sites for hydroxylation is 2. The van der Waals surface area contributed by atoms with Gasteiger partial charge in [0, 0.05) is 18.1 Å². The minimum atomic E-state index is -0.745. The fraction of sp³-hybridized carbons (Fsp3) is 0.381. The summed E-state index contributed by atoms with van der Waals surface area (Å²) in [6, 6.07) is 18.4. The SMILES string of the molecule is Cc1ccccc1-c1cccc(COc2cc3c(cc2Cl)CCCC(C(=O)O)CCCCCCC(=O)C2=CCC/C=C\C(=C2)CO3)c1C. The number of Topliss-reactive ketones (excluding diaryl/α,β-unsaturated/α-hetero) is 1. The molecule has 0 fully saturated rings. The molecular weight excluding hydrogens is 620 g/mol. The molecule has 0 amide bonds. The smallest absolute Gasteiger partial charge is 0.306 e. The van der Waals surface area contributed by atoms with Crippen LogP contribution in [-0.4, -0.2) is 23.5 Å². The Bertz CT molecular complexity index is 1700. The third-order valence-corrected chi connectivity index (χ3v) is 9.82. The third kappa shape index (κ3) is 9.50. The van der Waals surface area contributed by atoms with Crippen molar-refractivity contribution in [3.05, 3.63) is 117 Å². The average Bonchev–Trinajstić information content (AvgIpc) is 3.05. The predicted molar refractivity (Wildman–Crippen MR) is 194 cm³/mol. The second kappa shape index (κ2) is 17.3. The largest absolute Gasteiger partial charge is 0.488 e. The first kappa shape index (κ1) is 35.2. The van der Waals surface area contributed by atoms with E-state index in [1.165, 1.54) is 16.7 Å². The molecule has 5 rings (SSSR count). The number of carbonyl (C=O) groups excluding carboxylic acids is 1. The minimum absolute atomic E-state index is 0.150. The Morgan fingerprint density at radius 1 is 0.938 bits per heavy atom. The zero-order valence-corrected chi connectivity index (χ0v) is 29.0. The number of hydrogen-bond donors (Lipinski definition) is 1. The van der Waals surface area contributed by atoms with Crippen LogP contribution in [0.5, 0.6) is 11.5 Å². The summed E-state index contributed by atoms with van der Waals surface area (Å²) in [5, 5.41) is 10.4. The lowest BCUT2D eigenvalue weighted by Crippen LogP contribution is -2.14. The number of carbonyl (C=O) groups is 2. The van der Waals surface area contributed by atoms with Gasteiger partial charge in [-0.15, -0.1) is 0 Å². The van der Waals surface area contributed by atoms with Gasteiger partial charge in [-0.2, -0.15) is 0 Å². The number of aliphatic carboxylic acids is 1. The standard InChI is InChI=1S/C42H47ClO5/c1-29-14-10-11-21-36(29)37-22-13-20-35(30(37)2)28-48-41-26-40-34(25-38(41)43)19-12-18-32(42(45)46)16-7-3-4-9-23-39(44)33-17-8-5-6-15-31(24-33)27-47-40/h6,10-11,13-15,17,20-22,24-26,32H,3-5,7-9,12,16,18-19,23,27-28H2,1-2H3,(H,45,46)/b15-6-,31-24?,33-17?. The highest BCUT2D eigenvalue weighted by Gasteiger charge is 2.19. The molecule has 3 aromatic rings. The molecule has 48 heavy (non-hydrogen) atoms. The first-order valence-corrected chi connectivity index (χ1v) is 17.7. The van der Waals surface area contributed by atoms with Crippen molar-refractivity contribution in [3.63, 3.8) is 0 Å². The van der Waals surface area contributed by atoms with Gasteiger partial charge >= 0.3 is 5.97 Å². The van der Waals surface area contributed by atoms with Gasteiger partial charge in [-0.25, -0.2) is 0 Å². The van der Waals surface area contributed by atoms with Crippen LogP contribution in [0.2, 0.25) is 5.02 Å². The molecule has 1 atom stereocenters. The summed E-state index contributed by atoms with van der Waals surface area (Å²) in [7, 11) is 0. The van der Waals surface area contributed by atoms with Crippen molar-refractivity contribution in [2.75, 3.05) is 6.61 Å². The highest BCUT2D eigenvalue weighted by molar-refractivity contribution is 6.32. The molecule has 0 radical (unpaired) electrons. The molecule has 6 heteroatoms. The predicted octanol–water partition coefficient (Wildman–Crippen LogP) is 10.7. The lowest BCUT2D eigenvalue weighted by atomic mass is 9.93. The van der Waals surface area contributed by atoms with Gasteiger partial charge in [0.15, 0.2) is 5.78 Å². The summed E-state index contributed by atoms with van der Waals surface area (Å²) in [4.78, 5) is 25.2. The van der Waals surface area contributed by atoms with Gasteiger partial charge in [-0.05, 0) is 110 Å². The van der Waals surface area contributed by atoms with Crippen molar-refractivity contribution in [1.29, 1.82) is 0 Å². The maximum atomic E-state index is 13.1. The number of allylic oxidation sites excluding steroid dienone is 4. The quantitative estimate of drug-likeness (QED) is 0.293. The van der Waals surface area contributed by atoms with Crippen LogP contribution in [-0.2, 0) is 22.6 Å². The van der Waals surface area contributed by atoms with E-state index < -0.39 is 11.9 Å². The topological polar surface area (TPSA) is 72.8 Å². The van der Waals surface area contributed by atoms with Gasteiger partial charge in [0.2, 0.25) is 0 Å².